The van der Waals surface area contributed by atoms with Crippen LogP contribution in [0.25, 0.3) is 0 Å². The third-order valence-electron chi connectivity index (χ3n) is 3.07. The molecule has 1 aromatic rings. The lowest BCUT2D eigenvalue weighted by atomic mass is 9.90. The highest BCUT2D eigenvalue weighted by molar-refractivity contribution is 5.73. The van der Waals surface area contributed by atoms with Crippen LogP contribution in [0.4, 0.5) is 0 Å². The summed E-state index contributed by atoms with van der Waals surface area (Å²) in [6.45, 7) is 3.14. The van der Waals surface area contributed by atoms with E-state index in [1.807, 2.05) is 18.5 Å². The molecule has 2 atom stereocenters. The van der Waals surface area contributed by atoms with Gasteiger partial charge in [0.1, 0.15) is 6.33 Å². The first-order valence-corrected chi connectivity index (χ1v) is 5.98. The molecule has 1 N–H and O–H groups in total. The highest BCUT2D eigenvalue weighted by Crippen LogP contribution is 2.28. The molecule has 2 unspecified atom stereocenters. The lowest BCUT2D eigenvalue weighted by Crippen LogP contribution is -2.40. The zero-order valence-electron chi connectivity index (χ0n) is 10.2. The minimum Gasteiger partial charge on any atom is -0.466 e. The zero-order valence-corrected chi connectivity index (χ0v) is 10.2. The van der Waals surface area contributed by atoms with Crippen LogP contribution in [-0.2, 0) is 16.6 Å². The number of nitrogens with zero attached hydrogens (tertiary/aromatic N) is 3. The van der Waals surface area contributed by atoms with E-state index < -0.39 is 0 Å². The van der Waals surface area contributed by atoms with Crippen molar-refractivity contribution in [1.82, 2.24) is 20.1 Å². The number of carbonyl (C=O) groups is 1. The quantitative estimate of drug-likeness (QED) is 0.773. The van der Waals surface area contributed by atoms with Gasteiger partial charge in [-0.25, -0.2) is 0 Å². The van der Waals surface area contributed by atoms with Gasteiger partial charge in [0.25, 0.3) is 0 Å². The second-order valence-electron chi connectivity index (χ2n) is 4.23. The predicted molar refractivity (Wildman–Crippen MR) is 61.1 cm³/mol. The number of carbonyl (C=O) groups excluding carboxylic acids is 1. The summed E-state index contributed by atoms with van der Waals surface area (Å²) < 4.78 is 6.96. The van der Waals surface area contributed by atoms with Crippen molar-refractivity contribution in [1.29, 1.82) is 0 Å². The fraction of sp³-hybridized carbons (Fsp3) is 0.727. The van der Waals surface area contributed by atoms with Crippen LogP contribution in [0, 0.1) is 5.92 Å². The van der Waals surface area contributed by atoms with E-state index in [0.717, 1.165) is 25.2 Å². The topological polar surface area (TPSA) is 69.0 Å². The Morgan fingerprint density at radius 2 is 2.53 bits per heavy atom. The first-order chi connectivity index (χ1) is 8.24. The van der Waals surface area contributed by atoms with Crippen LogP contribution in [0.3, 0.4) is 0 Å². The van der Waals surface area contributed by atoms with E-state index in [4.69, 9.17) is 4.74 Å². The standard InChI is InChI=1S/C11H18N4O2/c1-3-17-11(16)8-5-4-6-12-9(8)10-14-13-7-15(10)2/h7-9,12H,3-6H2,1-2H3. The molecule has 0 amide bonds. The lowest BCUT2D eigenvalue weighted by molar-refractivity contribution is -0.150. The van der Waals surface area contributed by atoms with E-state index in [-0.39, 0.29) is 17.9 Å². The summed E-state index contributed by atoms with van der Waals surface area (Å²) in [5.41, 5.74) is 0. The van der Waals surface area contributed by atoms with Crippen LogP contribution in [-0.4, -0.2) is 33.9 Å². The fourth-order valence-electron chi connectivity index (χ4n) is 2.24. The maximum Gasteiger partial charge on any atom is 0.310 e. The van der Waals surface area contributed by atoms with Crippen LogP contribution in [0.2, 0.25) is 0 Å². The summed E-state index contributed by atoms with van der Waals surface area (Å²) in [6.07, 6.45) is 3.47. The van der Waals surface area contributed by atoms with Crippen molar-refractivity contribution in [2.75, 3.05) is 13.2 Å². The molecule has 0 bridgehead atoms. The summed E-state index contributed by atoms with van der Waals surface area (Å²) in [7, 11) is 1.88. The van der Waals surface area contributed by atoms with Crippen molar-refractivity contribution in [3.63, 3.8) is 0 Å². The number of esters is 1. The average molecular weight is 238 g/mol. The summed E-state index contributed by atoms with van der Waals surface area (Å²) in [5.74, 6) is 0.488. The molecule has 0 saturated carbocycles. The van der Waals surface area contributed by atoms with Gasteiger partial charge in [-0.3, -0.25) is 4.79 Å². The number of ether oxygens (including phenoxy) is 1. The van der Waals surface area contributed by atoms with Gasteiger partial charge in [0.2, 0.25) is 0 Å². The monoisotopic (exact) mass is 238 g/mol. The van der Waals surface area contributed by atoms with E-state index in [1.165, 1.54) is 0 Å². The number of piperidine rings is 1. The van der Waals surface area contributed by atoms with Gasteiger partial charge >= 0.3 is 5.97 Å². The Morgan fingerprint density at radius 3 is 3.18 bits per heavy atom. The van der Waals surface area contributed by atoms with Crippen molar-refractivity contribution < 1.29 is 9.53 Å². The Labute approximate surface area is 100 Å². The number of rotatable bonds is 3. The summed E-state index contributed by atoms with van der Waals surface area (Å²) in [4.78, 5) is 11.9. The fourth-order valence-corrected chi connectivity index (χ4v) is 2.24. The minimum absolute atomic E-state index is 0.0877. The molecule has 1 aromatic heterocycles. The van der Waals surface area contributed by atoms with Crippen LogP contribution in [0.5, 0.6) is 0 Å². The molecule has 6 nitrogen and oxygen atoms in total. The van der Waals surface area contributed by atoms with Crippen LogP contribution >= 0.6 is 0 Å². The first kappa shape index (κ1) is 12.0. The number of hydrogen-bond acceptors (Lipinski definition) is 5. The van der Waals surface area contributed by atoms with Crippen molar-refractivity contribution in [3.8, 4) is 0 Å². The van der Waals surface area contributed by atoms with Gasteiger partial charge in [-0.1, -0.05) is 0 Å². The molecule has 17 heavy (non-hydrogen) atoms. The predicted octanol–water partition coefficient (Wildman–Crippen LogP) is 0.419. The maximum atomic E-state index is 11.9. The Bertz CT molecular complexity index is 391. The Hall–Kier alpha value is -1.43. The van der Waals surface area contributed by atoms with Gasteiger partial charge in [-0.05, 0) is 26.3 Å². The van der Waals surface area contributed by atoms with E-state index in [1.54, 1.807) is 6.33 Å². The zero-order chi connectivity index (χ0) is 12.3. The number of aryl methyl sites for hydroxylation is 1. The summed E-state index contributed by atoms with van der Waals surface area (Å²) >= 11 is 0. The number of hydrogen-bond donors (Lipinski definition) is 1. The molecule has 6 heteroatoms. The molecule has 0 spiro atoms. The molecule has 2 heterocycles. The molecule has 0 radical (unpaired) electrons. The SMILES string of the molecule is CCOC(=O)C1CCCNC1c1nncn1C. The molecular weight excluding hydrogens is 220 g/mol. The highest BCUT2D eigenvalue weighted by atomic mass is 16.5. The van der Waals surface area contributed by atoms with E-state index in [0.29, 0.717) is 6.61 Å². The molecule has 1 aliphatic heterocycles. The van der Waals surface area contributed by atoms with Gasteiger partial charge in [-0.15, -0.1) is 10.2 Å². The second kappa shape index (κ2) is 5.27. The second-order valence-corrected chi connectivity index (χ2v) is 4.23. The largest absolute Gasteiger partial charge is 0.466 e. The van der Waals surface area contributed by atoms with Gasteiger partial charge in [-0.2, -0.15) is 0 Å². The molecule has 2 rings (SSSR count). The smallest absolute Gasteiger partial charge is 0.310 e. The minimum atomic E-state index is -0.161. The van der Waals surface area contributed by atoms with Gasteiger partial charge in [0.05, 0.1) is 18.6 Å². The Balaban J connectivity index is 2.18. The third kappa shape index (κ3) is 2.46. The number of nitrogens with one attached hydrogen (secondary N) is 1. The van der Waals surface area contributed by atoms with E-state index >= 15 is 0 Å². The van der Waals surface area contributed by atoms with Gasteiger partial charge in [0.15, 0.2) is 5.82 Å². The number of aromatic nitrogens is 3. The molecule has 0 aromatic carbocycles. The van der Waals surface area contributed by atoms with Crippen molar-refractivity contribution in [2.45, 2.75) is 25.8 Å². The maximum absolute atomic E-state index is 11.9. The van der Waals surface area contributed by atoms with Gasteiger partial charge in [0, 0.05) is 7.05 Å². The van der Waals surface area contributed by atoms with Crippen LogP contribution in [0.15, 0.2) is 6.33 Å². The normalized spacial score (nSPS) is 24.6. The molecule has 0 aliphatic carbocycles. The summed E-state index contributed by atoms with van der Waals surface area (Å²) in [6, 6.07) is -0.0877. The molecule has 1 saturated heterocycles. The molecule has 1 aliphatic rings. The van der Waals surface area contributed by atoms with E-state index in [9.17, 15) is 4.79 Å². The highest BCUT2D eigenvalue weighted by Gasteiger charge is 2.35. The van der Waals surface area contributed by atoms with Crippen molar-refractivity contribution >= 4 is 5.97 Å². The van der Waals surface area contributed by atoms with Crippen LogP contribution < -0.4 is 5.32 Å². The third-order valence-corrected chi connectivity index (χ3v) is 3.07. The Kier molecular flexibility index (Phi) is 3.73. The van der Waals surface area contributed by atoms with Crippen molar-refractivity contribution in [3.05, 3.63) is 12.2 Å². The average Bonchev–Trinajstić information content (AvgIpc) is 2.76. The lowest BCUT2D eigenvalue weighted by Gasteiger charge is -2.30. The molecular formula is C11H18N4O2. The van der Waals surface area contributed by atoms with Crippen LogP contribution in [0.1, 0.15) is 31.6 Å². The Morgan fingerprint density at radius 1 is 1.71 bits per heavy atom. The van der Waals surface area contributed by atoms with Crippen molar-refractivity contribution in [2.24, 2.45) is 13.0 Å². The van der Waals surface area contributed by atoms with E-state index in [2.05, 4.69) is 15.5 Å². The molecule has 1 fully saturated rings. The van der Waals surface area contributed by atoms with Gasteiger partial charge < -0.3 is 14.6 Å². The summed E-state index contributed by atoms with van der Waals surface area (Å²) in [5, 5.41) is 11.3. The first-order valence-electron chi connectivity index (χ1n) is 5.98. The molecule has 94 valence electrons.